The zero-order chi connectivity index (χ0) is 34.9. The molecule has 0 radical (unpaired) electrons. The number of hydrogen-bond acceptors (Lipinski definition) is 9. The van der Waals surface area contributed by atoms with E-state index < -0.39 is 6.04 Å². The Bertz CT molecular complexity index is 1750. The molecule has 2 saturated heterocycles. The maximum atomic E-state index is 13.4. The summed E-state index contributed by atoms with van der Waals surface area (Å²) in [7, 11) is 0. The molecule has 3 aromatic rings. The Labute approximate surface area is 292 Å². The molecule has 1 aromatic heterocycles. The lowest BCUT2D eigenvalue weighted by atomic mass is 9.49. The summed E-state index contributed by atoms with van der Waals surface area (Å²) in [5, 5.41) is 18.4. The zero-order valence-electron chi connectivity index (χ0n) is 28.3. The van der Waals surface area contributed by atoms with E-state index in [2.05, 4.69) is 76.6 Å². The van der Waals surface area contributed by atoms with Gasteiger partial charge in [-0.3, -0.25) is 24.6 Å². The largest absolute Gasteiger partial charge is 0.489 e. The Morgan fingerprint density at radius 1 is 1.04 bits per heavy atom. The first-order chi connectivity index (χ1) is 23.3. The van der Waals surface area contributed by atoms with E-state index in [1.54, 1.807) is 24.4 Å². The smallest absolute Gasteiger partial charge is 0.253 e. The number of piperazine rings is 1. The van der Waals surface area contributed by atoms with Crippen LogP contribution in [0.15, 0.2) is 60.8 Å². The monoisotopic (exact) mass is 683 g/mol. The van der Waals surface area contributed by atoms with Gasteiger partial charge in [-0.05, 0) is 48.4 Å². The minimum absolute atomic E-state index is 0.142. The summed E-state index contributed by atoms with van der Waals surface area (Å²) in [6, 6.07) is 18.4. The second kappa shape index (κ2) is 13.7. The Kier molecular flexibility index (Phi) is 9.56. The number of nitriles is 1. The first kappa shape index (κ1) is 34.2. The van der Waals surface area contributed by atoms with Gasteiger partial charge in [0.2, 0.25) is 11.8 Å². The van der Waals surface area contributed by atoms with Crippen molar-refractivity contribution in [2.45, 2.75) is 65.3 Å². The van der Waals surface area contributed by atoms with Crippen LogP contribution in [0.25, 0.3) is 0 Å². The molecule has 2 aliphatic heterocycles. The SMILES string of the molecule is CC1(C)C(NC(=O)c2ccc(N3CCN(Cc4ccc(NC5CCC(=O)NC5=O)cc4)CC3)nc2)C(C)(C)C1Oc1ccc(C#N)c(Cl)c1. The molecule has 3 N–H and O–H groups in total. The topological polar surface area (TPSA) is 140 Å². The van der Waals surface area contributed by atoms with Gasteiger partial charge < -0.3 is 20.3 Å². The summed E-state index contributed by atoms with van der Waals surface area (Å²) in [5.41, 5.74) is 2.23. The molecular weight excluding hydrogens is 642 g/mol. The zero-order valence-corrected chi connectivity index (χ0v) is 29.0. The van der Waals surface area contributed by atoms with Crippen molar-refractivity contribution in [3.8, 4) is 11.8 Å². The Hall–Kier alpha value is -4.66. The summed E-state index contributed by atoms with van der Waals surface area (Å²) in [6.07, 6.45) is 2.30. The predicted octanol–water partition coefficient (Wildman–Crippen LogP) is 4.76. The lowest BCUT2D eigenvalue weighted by molar-refractivity contribution is -0.164. The number of pyridine rings is 1. The number of rotatable bonds is 9. The van der Waals surface area contributed by atoms with Crippen molar-refractivity contribution in [1.82, 2.24) is 20.5 Å². The third-order valence-corrected chi connectivity index (χ3v) is 10.4. The molecule has 3 heterocycles. The summed E-state index contributed by atoms with van der Waals surface area (Å²) in [5.74, 6) is 0.769. The van der Waals surface area contributed by atoms with Crippen molar-refractivity contribution in [3.05, 3.63) is 82.5 Å². The number of imide groups is 1. The van der Waals surface area contributed by atoms with E-state index in [-0.39, 0.29) is 40.7 Å². The molecule has 1 aliphatic carbocycles. The quantitative estimate of drug-likeness (QED) is 0.273. The third kappa shape index (κ3) is 7.21. The highest BCUT2D eigenvalue weighted by Crippen LogP contribution is 2.55. The number of benzene rings is 2. The fraction of sp³-hybridized carbons (Fsp3) is 0.432. The van der Waals surface area contributed by atoms with Crippen LogP contribution in [0.4, 0.5) is 11.5 Å². The molecule has 3 amide bonds. The number of anilines is 2. The van der Waals surface area contributed by atoms with Crippen LogP contribution in [-0.2, 0) is 16.1 Å². The van der Waals surface area contributed by atoms with Crippen molar-refractivity contribution >= 4 is 40.8 Å². The number of hydrogen-bond donors (Lipinski definition) is 3. The van der Waals surface area contributed by atoms with Gasteiger partial charge in [-0.25, -0.2) is 4.98 Å². The molecule has 1 saturated carbocycles. The summed E-state index contributed by atoms with van der Waals surface area (Å²) >= 11 is 6.22. The number of aromatic nitrogens is 1. The van der Waals surface area contributed by atoms with Crippen LogP contribution < -0.4 is 25.6 Å². The standard InChI is InChI=1S/C37H42ClN7O4/c1-36(2)34(37(3,4)35(36)49-27-11-7-24(20-39)28(38)19-27)43-32(47)25-8-13-30(40-21-25)45-17-15-44(16-18-45)22-23-5-9-26(10-6-23)41-29-12-14-31(46)42-33(29)48/h5-11,13,19,21,29,34-35,41H,12,14-18,22H2,1-4H3,(H,43,47)(H,42,46,48). The normalized spacial score (nSPS) is 23.1. The third-order valence-electron chi connectivity index (χ3n) is 10.1. The molecule has 11 nitrogen and oxygen atoms in total. The maximum absolute atomic E-state index is 13.4. The van der Waals surface area contributed by atoms with Gasteiger partial charge in [0.25, 0.3) is 5.91 Å². The number of carbonyl (C=O) groups excluding carboxylic acids is 3. The molecule has 3 fully saturated rings. The van der Waals surface area contributed by atoms with E-state index in [9.17, 15) is 19.6 Å². The summed E-state index contributed by atoms with van der Waals surface area (Å²) < 4.78 is 6.35. The fourth-order valence-electron chi connectivity index (χ4n) is 7.65. The molecule has 0 bridgehead atoms. The minimum atomic E-state index is -0.397. The number of piperidine rings is 1. The molecular formula is C37H42ClN7O4. The molecule has 2 aromatic carbocycles. The van der Waals surface area contributed by atoms with Crippen LogP contribution in [0.5, 0.6) is 5.75 Å². The van der Waals surface area contributed by atoms with Crippen LogP contribution in [0.2, 0.25) is 5.02 Å². The number of amides is 3. The molecule has 3 aliphatic rings. The highest BCUT2D eigenvalue weighted by molar-refractivity contribution is 6.31. The first-order valence-electron chi connectivity index (χ1n) is 16.6. The second-order valence-electron chi connectivity index (χ2n) is 14.3. The van der Waals surface area contributed by atoms with Gasteiger partial charge in [-0.1, -0.05) is 51.4 Å². The van der Waals surface area contributed by atoms with Gasteiger partial charge in [0.1, 0.15) is 29.8 Å². The molecule has 1 atom stereocenters. The highest BCUT2D eigenvalue weighted by Gasteiger charge is 2.64. The molecule has 12 heteroatoms. The van der Waals surface area contributed by atoms with Crippen molar-refractivity contribution < 1.29 is 19.1 Å². The van der Waals surface area contributed by atoms with Crippen LogP contribution in [0, 0.1) is 22.2 Å². The van der Waals surface area contributed by atoms with Gasteiger partial charge >= 0.3 is 0 Å². The molecule has 49 heavy (non-hydrogen) atoms. The predicted molar refractivity (Wildman–Crippen MR) is 187 cm³/mol. The van der Waals surface area contributed by atoms with E-state index in [4.69, 9.17) is 16.3 Å². The van der Waals surface area contributed by atoms with Gasteiger partial charge in [-0.15, -0.1) is 0 Å². The van der Waals surface area contributed by atoms with Crippen LogP contribution in [0.3, 0.4) is 0 Å². The number of nitrogens with one attached hydrogen (secondary N) is 3. The van der Waals surface area contributed by atoms with E-state index in [1.807, 2.05) is 24.3 Å². The minimum Gasteiger partial charge on any atom is -0.489 e. The lowest BCUT2D eigenvalue weighted by Gasteiger charge is -2.63. The highest BCUT2D eigenvalue weighted by atomic mass is 35.5. The van der Waals surface area contributed by atoms with Crippen LogP contribution >= 0.6 is 11.6 Å². The molecule has 6 rings (SSSR count). The molecule has 0 spiro atoms. The summed E-state index contributed by atoms with van der Waals surface area (Å²) in [6.45, 7) is 12.5. The van der Waals surface area contributed by atoms with Crippen LogP contribution in [0.1, 0.15) is 62.0 Å². The first-order valence-corrected chi connectivity index (χ1v) is 17.0. The van der Waals surface area contributed by atoms with Crippen molar-refractivity contribution in [2.75, 3.05) is 36.4 Å². The van der Waals surface area contributed by atoms with Gasteiger partial charge in [-0.2, -0.15) is 5.26 Å². The second-order valence-corrected chi connectivity index (χ2v) is 14.7. The molecule has 1 unspecified atom stereocenters. The van der Waals surface area contributed by atoms with Gasteiger partial charge in [0.05, 0.1) is 16.1 Å². The van der Waals surface area contributed by atoms with E-state index in [1.165, 1.54) is 5.56 Å². The Morgan fingerprint density at radius 2 is 1.76 bits per heavy atom. The van der Waals surface area contributed by atoms with E-state index in [0.29, 0.717) is 34.7 Å². The average Bonchev–Trinajstić information content (AvgIpc) is 3.08. The molecule has 256 valence electrons. The van der Waals surface area contributed by atoms with Gasteiger partial charge in [0.15, 0.2) is 0 Å². The average molecular weight is 684 g/mol. The number of nitrogens with zero attached hydrogens (tertiary/aromatic N) is 4. The fourth-order valence-corrected chi connectivity index (χ4v) is 7.86. The Balaban J connectivity index is 0.977. The van der Waals surface area contributed by atoms with Crippen molar-refractivity contribution in [1.29, 1.82) is 5.26 Å². The van der Waals surface area contributed by atoms with E-state index >= 15 is 0 Å². The number of carbonyl (C=O) groups is 3. The lowest BCUT2D eigenvalue weighted by Crippen LogP contribution is -2.74. The maximum Gasteiger partial charge on any atom is 0.253 e. The van der Waals surface area contributed by atoms with Crippen molar-refractivity contribution in [3.63, 3.8) is 0 Å². The van der Waals surface area contributed by atoms with Gasteiger partial charge in [0, 0.05) is 74.0 Å². The van der Waals surface area contributed by atoms with Crippen molar-refractivity contribution in [2.24, 2.45) is 10.8 Å². The summed E-state index contributed by atoms with van der Waals surface area (Å²) in [4.78, 5) is 46.1. The van der Waals surface area contributed by atoms with Crippen LogP contribution in [-0.4, -0.2) is 72.0 Å². The van der Waals surface area contributed by atoms with E-state index in [0.717, 1.165) is 44.2 Å². The Morgan fingerprint density at radius 3 is 2.37 bits per heavy atom. The number of halogens is 1. The number of ether oxygens (including phenoxy) is 1.